The lowest BCUT2D eigenvalue weighted by atomic mass is 10.0. The maximum Gasteiger partial charge on any atom is 0.237 e. The quantitative estimate of drug-likeness (QED) is 0.585. The first-order valence-corrected chi connectivity index (χ1v) is 5.27. The average molecular weight is 200 g/mol. The Hall–Kier alpha value is -0.610. The molecule has 0 saturated carbocycles. The Morgan fingerprint density at radius 3 is 2.93 bits per heavy atom. The fraction of sp³-hybridized carbons (Fsp3) is 0.900. The first-order chi connectivity index (χ1) is 6.65. The van der Waals surface area contributed by atoms with E-state index in [9.17, 15) is 4.79 Å². The van der Waals surface area contributed by atoms with Crippen LogP contribution >= 0.6 is 0 Å². The lowest BCUT2D eigenvalue weighted by Crippen LogP contribution is -2.44. The van der Waals surface area contributed by atoms with Crippen molar-refractivity contribution in [1.29, 1.82) is 0 Å². The molecular weight excluding hydrogens is 180 g/mol. The summed E-state index contributed by atoms with van der Waals surface area (Å²) in [7, 11) is 0. The molecule has 0 spiro atoms. The van der Waals surface area contributed by atoms with E-state index in [0.29, 0.717) is 12.5 Å². The molecule has 1 heterocycles. The van der Waals surface area contributed by atoms with Crippen LogP contribution in [0.25, 0.3) is 0 Å². The third-order valence-corrected chi connectivity index (χ3v) is 2.75. The van der Waals surface area contributed by atoms with Crippen LogP contribution in [-0.2, 0) is 4.79 Å². The van der Waals surface area contributed by atoms with Crippen LogP contribution in [0.15, 0.2) is 0 Å². The first kappa shape index (κ1) is 11.5. The van der Waals surface area contributed by atoms with Crippen molar-refractivity contribution in [3.05, 3.63) is 0 Å². The molecular formula is C10H20N2O2. The van der Waals surface area contributed by atoms with Gasteiger partial charge in [0.1, 0.15) is 0 Å². The number of aliphatic hydroxyl groups excluding tert-OH is 1. The van der Waals surface area contributed by atoms with Gasteiger partial charge in [-0.3, -0.25) is 4.79 Å². The standard InChI is InChI=1S/C10H20N2O2/c1-7(6-13)5-12-10(14)9-8(2)3-4-11-9/h7-9,11,13H,3-6H2,1-2H3,(H,12,14). The number of hydrogen-bond acceptors (Lipinski definition) is 3. The van der Waals surface area contributed by atoms with Gasteiger partial charge in [-0.1, -0.05) is 13.8 Å². The minimum atomic E-state index is -0.0408. The van der Waals surface area contributed by atoms with Crippen LogP contribution in [0.2, 0.25) is 0 Å². The van der Waals surface area contributed by atoms with Crippen molar-refractivity contribution < 1.29 is 9.90 Å². The number of rotatable bonds is 4. The molecule has 82 valence electrons. The SMILES string of the molecule is CC(CO)CNC(=O)C1NCCC1C. The summed E-state index contributed by atoms with van der Waals surface area (Å²) in [4.78, 5) is 11.6. The van der Waals surface area contributed by atoms with Gasteiger partial charge in [-0.15, -0.1) is 0 Å². The van der Waals surface area contributed by atoms with Crippen LogP contribution in [0.3, 0.4) is 0 Å². The number of aliphatic hydroxyl groups is 1. The van der Waals surface area contributed by atoms with Crippen molar-refractivity contribution in [3.63, 3.8) is 0 Å². The molecule has 4 heteroatoms. The topological polar surface area (TPSA) is 61.4 Å². The monoisotopic (exact) mass is 200 g/mol. The van der Waals surface area contributed by atoms with E-state index in [1.165, 1.54) is 0 Å². The second-order valence-corrected chi connectivity index (χ2v) is 4.23. The molecule has 0 radical (unpaired) electrons. The van der Waals surface area contributed by atoms with Gasteiger partial charge < -0.3 is 15.7 Å². The van der Waals surface area contributed by atoms with Crippen LogP contribution in [0.4, 0.5) is 0 Å². The summed E-state index contributed by atoms with van der Waals surface area (Å²) in [6.07, 6.45) is 1.06. The fourth-order valence-corrected chi connectivity index (χ4v) is 1.63. The molecule has 4 nitrogen and oxygen atoms in total. The van der Waals surface area contributed by atoms with Crippen molar-refractivity contribution in [2.24, 2.45) is 11.8 Å². The Balaban J connectivity index is 2.27. The van der Waals surface area contributed by atoms with Gasteiger partial charge in [0.2, 0.25) is 5.91 Å². The number of amides is 1. The summed E-state index contributed by atoms with van der Waals surface area (Å²) < 4.78 is 0. The molecule has 0 bridgehead atoms. The lowest BCUT2D eigenvalue weighted by molar-refractivity contribution is -0.123. The van der Waals surface area contributed by atoms with Gasteiger partial charge in [0.15, 0.2) is 0 Å². The van der Waals surface area contributed by atoms with E-state index in [-0.39, 0.29) is 24.5 Å². The molecule has 3 atom stereocenters. The first-order valence-electron chi connectivity index (χ1n) is 5.27. The van der Waals surface area contributed by atoms with E-state index < -0.39 is 0 Å². The highest BCUT2D eigenvalue weighted by atomic mass is 16.3. The molecule has 1 aliphatic heterocycles. The number of carbonyl (C=O) groups excluding carboxylic acids is 1. The summed E-state index contributed by atoms with van der Waals surface area (Å²) >= 11 is 0. The van der Waals surface area contributed by atoms with Gasteiger partial charge in [0, 0.05) is 13.2 Å². The van der Waals surface area contributed by atoms with Gasteiger partial charge in [-0.2, -0.15) is 0 Å². The van der Waals surface area contributed by atoms with Crippen molar-refractivity contribution in [2.75, 3.05) is 19.7 Å². The number of nitrogens with one attached hydrogen (secondary N) is 2. The van der Waals surface area contributed by atoms with Crippen molar-refractivity contribution in [1.82, 2.24) is 10.6 Å². The zero-order valence-electron chi connectivity index (χ0n) is 8.92. The molecule has 0 aliphatic carbocycles. The maximum atomic E-state index is 11.6. The van der Waals surface area contributed by atoms with E-state index in [0.717, 1.165) is 13.0 Å². The highest BCUT2D eigenvalue weighted by Gasteiger charge is 2.28. The summed E-state index contributed by atoms with van der Waals surface area (Å²) in [6, 6.07) is -0.0408. The predicted octanol–water partition coefficient (Wildman–Crippen LogP) is -0.271. The zero-order chi connectivity index (χ0) is 10.6. The van der Waals surface area contributed by atoms with Crippen molar-refractivity contribution >= 4 is 5.91 Å². The fourth-order valence-electron chi connectivity index (χ4n) is 1.63. The van der Waals surface area contributed by atoms with Gasteiger partial charge in [-0.25, -0.2) is 0 Å². The Bertz CT molecular complexity index is 197. The Kier molecular flexibility index (Phi) is 4.35. The summed E-state index contributed by atoms with van der Waals surface area (Å²) in [5.74, 6) is 0.616. The zero-order valence-corrected chi connectivity index (χ0v) is 8.92. The molecule has 14 heavy (non-hydrogen) atoms. The van der Waals surface area contributed by atoms with Gasteiger partial charge in [-0.05, 0) is 24.8 Å². The molecule has 0 aromatic carbocycles. The van der Waals surface area contributed by atoms with Gasteiger partial charge in [0.25, 0.3) is 0 Å². The van der Waals surface area contributed by atoms with Crippen LogP contribution in [-0.4, -0.2) is 36.8 Å². The average Bonchev–Trinajstić information content (AvgIpc) is 2.60. The highest BCUT2D eigenvalue weighted by molar-refractivity contribution is 5.82. The summed E-state index contributed by atoms with van der Waals surface area (Å²) in [5, 5.41) is 14.8. The molecule has 1 aliphatic rings. The molecule has 1 saturated heterocycles. The second kappa shape index (κ2) is 5.32. The van der Waals surface area contributed by atoms with Crippen LogP contribution < -0.4 is 10.6 Å². The molecule has 1 amide bonds. The molecule has 3 N–H and O–H groups in total. The largest absolute Gasteiger partial charge is 0.396 e. The molecule has 1 rings (SSSR count). The van der Waals surface area contributed by atoms with Gasteiger partial charge in [0.05, 0.1) is 6.04 Å². The minimum Gasteiger partial charge on any atom is -0.396 e. The summed E-state index contributed by atoms with van der Waals surface area (Å²) in [5.41, 5.74) is 0. The Morgan fingerprint density at radius 1 is 1.71 bits per heavy atom. The maximum absolute atomic E-state index is 11.6. The van der Waals surface area contributed by atoms with E-state index in [1.807, 2.05) is 6.92 Å². The molecule has 0 aromatic heterocycles. The van der Waals surface area contributed by atoms with Crippen molar-refractivity contribution in [2.45, 2.75) is 26.3 Å². The van der Waals surface area contributed by atoms with Crippen LogP contribution in [0, 0.1) is 11.8 Å². The lowest BCUT2D eigenvalue weighted by Gasteiger charge is -2.16. The molecule has 3 unspecified atom stereocenters. The second-order valence-electron chi connectivity index (χ2n) is 4.23. The minimum absolute atomic E-state index is 0.0408. The van der Waals surface area contributed by atoms with Crippen molar-refractivity contribution in [3.8, 4) is 0 Å². The third-order valence-electron chi connectivity index (χ3n) is 2.75. The Labute approximate surface area is 85.1 Å². The van der Waals surface area contributed by atoms with Crippen LogP contribution in [0.1, 0.15) is 20.3 Å². The highest BCUT2D eigenvalue weighted by Crippen LogP contribution is 2.14. The number of hydrogen-bond donors (Lipinski definition) is 3. The Morgan fingerprint density at radius 2 is 2.43 bits per heavy atom. The van der Waals surface area contributed by atoms with E-state index in [4.69, 9.17) is 5.11 Å². The molecule has 1 fully saturated rings. The molecule has 0 aromatic rings. The normalized spacial score (nSPS) is 28.8. The van der Waals surface area contributed by atoms with E-state index in [1.54, 1.807) is 0 Å². The summed E-state index contributed by atoms with van der Waals surface area (Å²) in [6.45, 7) is 5.59. The van der Waals surface area contributed by atoms with Gasteiger partial charge >= 0.3 is 0 Å². The van der Waals surface area contributed by atoms with E-state index in [2.05, 4.69) is 17.6 Å². The van der Waals surface area contributed by atoms with E-state index >= 15 is 0 Å². The van der Waals surface area contributed by atoms with Crippen LogP contribution in [0.5, 0.6) is 0 Å². The third kappa shape index (κ3) is 2.96. The predicted molar refractivity (Wildman–Crippen MR) is 54.8 cm³/mol. The number of carbonyl (C=O) groups is 1. The smallest absolute Gasteiger partial charge is 0.237 e.